The molecule has 0 unspecified atom stereocenters. The van der Waals surface area contributed by atoms with Gasteiger partial charge in [-0.3, -0.25) is 9.69 Å². The Hall–Kier alpha value is -2.66. The lowest BCUT2D eigenvalue weighted by atomic mass is 9.93. The molecule has 5 heteroatoms. The second kappa shape index (κ2) is 6.82. The minimum Gasteiger partial charge on any atom is -0.352 e. The van der Waals surface area contributed by atoms with Crippen LogP contribution in [0, 0.1) is 0 Å². The summed E-state index contributed by atoms with van der Waals surface area (Å²) in [7, 11) is 0. The van der Waals surface area contributed by atoms with E-state index in [1.54, 1.807) is 6.33 Å². The number of carbonyl (C=O) groups excluding carboxylic acids is 1. The van der Waals surface area contributed by atoms with Crippen molar-refractivity contribution in [3.63, 3.8) is 0 Å². The number of benzene rings is 2. The van der Waals surface area contributed by atoms with Gasteiger partial charge in [0.15, 0.2) is 0 Å². The lowest BCUT2D eigenvalue weighted by Crippen LogP contribution is -2.48. The molecule has 2 heterocycles. The minimum atomic E-state index is -0.202. The molecular weight excluding hydrogens is 336 g/mol. The highest BCUT2D eigenvalue weighted by Crippen LogP contribution is 2.27. The van der Waals surface area contributed by atoms with Gasteiger partial charge in [0, 0.05) is 31.9 Å². The van der Waals surface area contributed by atoms with E-state index in [0.29, 0.717) is 12.6 Å². The zero-order valence-corrected chi connectivity index (χ0v) is 15.3. The SMILES string of the molecule is O=C(NC1CCC1)[C@H]1CN(Cc2cccc3ccccc23)Cc2cncn21. The maximum atomic E-state index is 12.9. The standard InChI is InChI=1S/C22H24N4O/c27-22(24-18-8-4-9-18)21-14-25(13-19-11-23-15-26(19)21)12-17-7-3-6-16-5-1-2-10-20(16)17/h1-3,5-7,10-11,15,18,21H,4,8-9,12-14H2,(H,24,27)/t21-/m1/s1. The molecule has 27 heavy (non-hydrogen) atoms. The van der Waals surface area contributed by atoms with Crippen LogP contribution in [0.5, 0.6) is 0 Å². The van der Waals surface area contributed by atoms with E-state index < -0.39 is 0 Å². The monoisotopic (exact) mass is 360 g/mol. The summed E-state index contributed by atoms with van der Waals surface area (Å²) in [6.07, 6.45) is 7.12. The van der Waals surface area contributed by atoms with Crippen molar-refractivity contribution in [1.82, 2.24) is 19.8 Å². The van der Waals surface area contributed by atoms with Crippen molar-refractivity contribution in [2.75, 3.05) is 6.54 Å². The maximum Gasteiger partial charge on any atom is 0.244 e. The Morgan fingerprint density at radius 3 is 2.85 bits per heavy atom. The molecule has 5 nitrogen and oxygen atoms in total. The lowest BCUT2D eigenvalue weighted by Gasteiger charge is -2.36. The first-order chi connectivity index (χ1) is 13.3. The van der Waals surface area contributed by atoms with E-state index in [4.69, 9.17) is 0 Å². The van der Waals surface area contributed by atoms with E-state index >= 15 is 0 Å². The van der Waals surface area contributed by atoms with Crippen LogP contribution in [-0.2, 0) is 17.9 Å². The summed E-state index contributed by atoms with van der Waals surface area (Å²) in [5.41, 5.74) is 2.41. The molecule has 0 saturated heterocycles. The van der Waals surface area contributed by atoms with Crippen molar-refractivity contribution in [1.29, 1.82) is 0 Å². The van der Waals surface area contributed by atoms with Gasteiger partial charge in [-0.25, -0.2) is 4.98 Å². The molecule has 3 aromatic rings. The molecule has 138 valence electrons. The molecule has 1 aliphatic heterocycles. The molecule has 1 N–H and O–H groups in total. The van der Waals surface area contributed by atoms with Crippen LogP contribution in [0.4, 0.5) is 0 Å². The molecule has 1 saturated carbocycles. The molecule has 0 spiro atoms. The van der Waals surface area contributed by atoms with Gasteiger partial charge in [0.25, 0.3) is 0 Å². The fourth-order valence-corrected chi connectivity index (χ4v) is 4.21. The van der Waals surface area contributed by atoms with Gasteiger partial charge in [0.2, 0.25) is 5.91 Å². The molecule has 5 rings (SSSR count). The Morgan fingerprint density at radius 1 is 1.15 bits per heavy atom. The van der Waals surface area contributed by atoms with E-state index in [-0.39, 0.29) is 11.9 Å². The molecule has 1 fully saturated rings. The number of imidazole rings is 1. The van der Waals surface area contributed by atoms with Gasteiger partial charge in [-0.05, 0) is 35.6 Å². The van der Waals surface area contributed by atoms with Crippen molar-refractivity contribution in [2.24, 2.45) is 0 Å². The van der Waals surface area contributed by atoms with Crippen molar-refractivity contribution >= 4 is 16.7 Å². The highest BCUT2D eigenvalue weighted by molar-refractivity contribution is 5.85. The van der Waals surface area contributed by atoms with E-state index in [1.165, 1.54) is 22.8 Å². The predicted octanol–water partition coefficient (Wildman–Crippen LogP) is 3.26. The van der Waals surface area contributed by atoms with Crippen LogP contribution in [0.2, 0.25) is 0 Å². The number of nitrogens with zero attached hydrogens (tertiary/aromatic N) is 3. The second-order valence-electron chi connectivity index (χ2n) is 7.75. The number of rotatable bonds is 4. The molecule has 2 aliphatic rings. The fourth-order valence-electron chi connectivity index (χ4n) is 4.21. The second-order valence-corrected chi connectivity index (χ2v) is 7.75. The first-order valence-corrected chi connectivity index (χ1v) is 9.78. The minimum absolute atomic E-state index is 0.126. The molecule has 1 amide bonds. The fraction of sp³-hybridized carbons (Fsp3) is 0.364. The quantitative estimate of drug-likeness (QED) is 0.777. The molecule has 1 aliphatic carbocycles. The van der Waals surface area contributed by atoms with Crippen LogP contribution in [-0.4, -0.2) is 32.9 Å². The topological polar surface area (TPSA) is 50.2 Å². The summed E-state index contributed by atoms with van der Waals surface area (Å²) in [6, 6.07) is 15.1. The molecule has 0 radical (unpaired) electrons. The number of hydrogen-bond donors (Lipinski definition) is 1. The van der Waals surface area contributed by atoms with E-state index in [2.05, 4.69) is 57.7 Å². The van der Waals surface area contributed by atoms with Crippen molar-refractivity contribution in [3.8, 4) is 0 Å². The molecule has 0 bridgehead atoms. The van der Waals surface area contributed by atoms with Crippen molar-refractivity contribution < 1.29 is 4.79 Å². The zero-order valence-electron chi connectivity index (χ0n) is 15.3. The van der Waals surface area contributed by atoms with E-state index in [0.717, 1.165) is 31.6 Å². The smallest absolute Gasteiger partial charge is 0.244 e. The summed E-state index contributed by atoms with van der Waals surface area (Å²) in [5.74, 6) is 0.126. The number of hydrogen-bond acceptors (Lipinski definition) is 3. The van der Waals surface area contributed by atoms with Crippen LogP contribution >= 0.6 is 0 Å². The third-order valence-electron chi connectivity index (χ3n) is 5.93. The summed E-state index contributed by atoms with van der Waals surface area (Å²) in [5, 5.41) is 5.76. The summed E-state index contributed by atoms with van der Waals surface area (Å²) < 4.78 is 2.05. The first kappa shape index (κ1) is 16.5. The number of amides is 1. The lowest BCUT2D eigenvalue weighted by molar-refractivity contribution is -0.127. The Kier molecular flexibility index (Phi) is 4.17. The van der Waals surface area contributed by atoms with Gasteiger partial charge >= 0.3 is 0 Å². The van der Waals surface area contributed by atoms with Crippen LogP contribution < -0.4 is 5.32 Å². The van der Waals surface area contributed by atoms with Crippen LogP contribution in [0.3, 0.4) is 0 Å². The zero-order chi connectivity index (χ0) is 18.2. The molecule has 1 aromatic heterocycles. The van der Waals surface area contributed by atoms with Crippen molar-refractivity contribution in [3.05, 3.63) is 66.2 Å². The largest absolute Gasteiger partial charge is 0.352 e. The Bertz CT molecular complexity index is 970. The van der Waals surface area contributed by atoms with E-state index in [1.807, 2.05) is 10.8 Å². The maximum absolute atomic E-state index is 12.9. The highest BCUT2D eigenvalue weighted by Gasteiger charge is 2.32. The number of carbonyl (C=O) groups is 1. The van der Waals surface area contributed by atoms with Gasteiger partial charge < -0.3 is 9.88 Å². The van der Waals surface area contributed by atoms with Crippen LogP contribution in [0.15, 0.2) is 55.0 Å². The average Bonchev–Trinajstić information content (AvgIpc) is 3.13. The summed E-state index contributed by atoms with van der Waals surface area (Å²) in [6.45, 7) is 2.36. The molecular formula is C22H24N4O. The van der Waals surface area contributed by atoms with Crippen LogP contribution in [0.1, 0.15) is 36.6 Å². The van der Waals surface area contributed by atoms with Gasteiger partial charge in [-0.15, -0.1) is 0 Å². The van der Waals surface area contributed by atoms with Crippen molar-refractivity contribution in [2.45, 2.75) is 44.4 Å². The Labute approximate surface area is 159 Å². The highest BCUT2D eigenvalue weighted by atomic mass is 16.2. The van der Waals surface area contributed by atoms with Gasteiger partial charge in [0.1, 0.15) is 6.04 Å². The van der Waals surface area contributed by atoms with Gasteiger partial charge in [-0.2, -0.15) is 0 Å². The first-order valence-electron chi connectivity index (χ1n) is 9.78. The van der Waals surface area contributed by atoms with Crippen LogP contribution in [0.25, 0.3) is 10.8 Å². The van der Waals surface area contributed by atoms with E-state index in [9.17, 15) is 4.79 Å². The predicted molar refractivity (Wildman–Crippen MR) is 105 cm³/mol. The van der Waals surface area contributed by atoms with Gasteiger partial charge in [0.05, 0.1) is 12.0 Å². The number of nitrogens with one attached hydrogen (secondary N) is 1. The molecule has 1 atom stereocenters. The Balaban J connectivity index is 1.39. The number of aromatic nitrogens is 2. The normalized spacial score (nSPS) is 20.2. The molecule has 2 aromatic carbocycles. The summed E-state index contributed by atoms with van der Waals surface area (Å²) >= 11 is 0. The third-order valence-corrected chi connectivity index (χ3v) is 5.93. The summed E-state index contributed by atoms with van der Waals surface area (Å²) in [4.78, 5) is 19.5. The van der Waals surface area contributed by atoms with Gasteiger partial charge in [-0.1, -0.05) is 42.5 Å². The Morgan fingerprint density at radius 2 is 2.00 bits per heavy atom. The number of fused-ring (bicyclic) bond motifs is 2. The third kappa shape index (κ3) is 3.12. The average molecular weight is 360 g/mol.